The van der Waals surface area contributed by atoms with E-state index in [-0.39, 0.29) is 18.2 Å². The number of nitrogens with two attached hydrogens (primary N) is 1. The van der Waals surface area contributed by atoms with Crippen molar-refractivity contribution in [2.24, 2.45) is 10.7 Å². The molecule has 34 heavy (non-hydrogen) atoms. The molecule has 6 nitrogen and oxygen atoms in total. The summed E-state index contributed by atoms with van der Waals surface area (Å²) in [4.78, 5) is 19.3. The maximum Gasteiger partial charge on any atom is 0.218 e. The van der Waals surface area contributed by atoms with Crippen molar-refractivity contribution in [1.29, 1.82) is 0 Å². The predicted molar refractivity (Wildman–Crippen MR) is 141 cm³/mol. The molecule has 0 aromatic heterocycles. The first-order valence-corrected chi connectivity index (χ1v) is 12.8. The Morgan fingerprint density at radius 1 is 1.21 bits per heavy atom. The van der Waals surface area contributed by atoms with Gasteiger partial charge in [-0.15, -0.1) is 0 Å². The number of carbonyl (C=O) groups is 1. The predicted octanol–water partition coefficient (Wildman–Crippen LogP) is 5.00. The lowest BCUT2D eigenvalue weighted by molar-refractivity contribution is -0.118. The first kappa shape index (κ1) is 24.8. The van der Waals surface area contributed by atoms with Crippen LogP contribution in [0.25, 0.3) is 0 Å². The smallest absolute Gasteiger partial charge is 0.218 e. The molecule has 2 aromatic carbocycles. The van der Waals surface area contributed by atoms with Crippen LogP contribution in [0.15, 0.2) is 47.5 Å². The highest BCUT2D eigenvalue weighted by Gasteiger charge is 2.23. The second-order valence-corrected chi connectivity index (χ2v) is 10.2. The van der Waals surface area contributed by atoms with Crippen molar-refractivity contribution in [3.05, 3.63) is 63.6 Å². The number of guanidine groups is 1. The normalized spacial score (nSPS) is 20.4. The fourth-order valence-corrected chi connectivity index (χ4v) is 5.38. The van der Waals surface area contributed by atoms with Crippen LogP contribution in [0.4, 0.5) is 5.69 Å². The summed E-state index contributed by atoms with van der Waals surface area (Å²) in [6, 6.07) is 14.3. The van der Waals surface area contributed by atoms with Crippen molar-refractivity contribution in [2.75, 3.05) is 25.0 Å². The molecule has 2 atom stereocenters. The zero-order chi connectivity index (χ0) is 24.1. The van der Waals surface area contributed by atoms with E-state index in [0.29, 0.717) is 22.1 Å². The minimum Gasteiger partial charge on any atom is -0.370 e. The summed E-state index contributed by atoms with van der Waals surface area (Å²) in [6.07, 6.45) is 4.98. The molecule has 2 aliphatic rings. The third-order valence-electron chi connectivity index (χ3n) is 6.61. The molecule has 182 valence electrons. The van der Waals surface area contributed by atoms with E-state index in [1.165, 1.54) is 12.8 Å². The third kappa shape index (κ3) is 6.44. The molecule has 1 saturated carbocycles. The van der Waals surface area contributed by atoms with E-state index in [9.17, 15) is 4.79 Å². The standard InChI is InChI=1S/C26H33Cl2N5O/c1-17-16-33(13-12-30-17)26(31-20-4-2-3-5-20)32-21-9-6-18(7-10-21)23(15-25(29)34)22-11-8-19(27)14-24(22)28/h6-11,14,17,20,23,30H,2-5,12-13,15-16H2,1H3,(H2,29,34)(H,31,32)/t17-,23?/m0/s1. The van der Waals surface area contributed by atoms with Crippen LogP contribution >= 0.6 is 23.2 Å². The number of benzene rings is 2. The van der Waals surface area contributed by atoms with Crippen molar-refractivity contribution in [2.45, 2.75) is 57.0 Å². The van der Waals surface area contributed by atoms with E-state index in [0.717, 1.165) is 55.2 Å². The zero-order valence-electron chi connectivity index (χ0n) is 19.6. The second-order valence-electron chi connectivity index (χ2n) is 9.33. The summed E-state index contributed by atoms with van der Waals surface area (Å²) >= 11 is 12.5. The lowest BCUT2D eigenvalue weighted by Crippen LogP contribution is -2.53. The van der Waals surface area contributed by atoms with Gasteiger partial charge in [-0.2, -0.15) is 0 Å². The molecule has 0 spiro atoms. The summed E-state index contributed by atoms with van der Waals surface area (Å²) < 4.78 is 0. The highest BCUT2D eigenvalue weighted by Crippen LogP contribution is 2.35. The number of halogens is 2. The van der Waals surface area contributed by atoms with Gasteiger partial charge < -0.3 is 21.3 Å². The Labute approximate surface area is 211 Å². The van der Waals surface area contributed by atoms with E-state index in [4.69, 9.17) is 33.9 Å². The van der Waals surface area contributed by atoms with Gasteiger partial charge in [-0.05, 0) is 55.2 Å². The molecular weight excluding hydrogens is 469 g/mol. The Morgan fingerprint density at radius 2 is 1.94 bits per heavy atom. The maximum absolute atomic E-state index is 11.8. The molecule has 2 aromatic rings. The minimum atomic E-state index is -0.378. The van der Waals surface area contributed by atoms with Crippen LogP contribution < -0.4 is 16.4 Å². The average molecular weight is 502 g/mol. The monoisotopic (exact) mass is 501 g/mol. The van der Waals surface area contributed by atoms with E-state index < -0.39 is 0 Å². The number of hydrogen-bond acceptors (Lipinski definition) is 3. The topological polar surface area (TPSA) is 82.8 Å². The van der Waals surface area contributed by atoms with Crippen LogP contribution in [0.1, 0.15) is 56.1 Å². The van der Waals surface area contributed by atoms with Gasteiger partial charge in [0.05, 0.1) is 6.04 Å². The Kier molecular flexibility index (Phi) is 8.35. The van der Waals surface area contributed by atoms with E-state index in [2.05, 4.69) is 22.5 Å². The lowest BCUT2D eigenvalue weighted by Gasteiger charge is -2.35. The SMILES string of the molecule is C[C@H]1CN(/C(=N\C2CCCC2)Nc2ccc(C(CC(N)=O)c3ccc(Cl)cc3Cl)cc2)CCN1. The minimum absolute atomic E-state index is 0.168. The average Bonchev–Trinajstić information content (AvgIpc) is 3.31. The van der Waals surface area contributed by atoms with Crippen LogP contribution in [0.5, 0.6) is 0 Å². The molecule has 1 aliphatic carbocycles. The molecule has 2 fully saturated rings. The zero-order valence-corrected chi connectivity index (χ0v) is 21.1. The number of piperazine rings is 1. The first-order valence-electron chi connectivity index (χ1n) is 12.1. The number of aliphatic imine (C=N–C) groups is 1. The molecule has 0 radical (unpaired) electrons. The quantitative estimate of drug-likeness (QED) is 0.383. The number of hydrogen-bond donors (Lipinski definition) is 3. The van der Waals surface area contributed by atoms with Gasteiger partial charge in [0.2, 0.25) is 5.91 Å². The second kappa shape index (κ2) is 11.4. The maximum atomic E-state index is 11.8. The Balaban J connectivity index is 1.56. The number of anilines is 1. The van der Waals surface area contributed by atoms with Gasteiger partial charge in [-0.1, -0.05) is 54.2 Å². The van der Waals surface area contributed by atoms with Gasteiger partial charge >= 0.3 is 0 Å². The summed E-state index contributed by atoms with van der Waals surface area (Å²) in [5, 5.41) is 8.16. The summed E-state index contributed by atoms with van der Waals surface area (Å²) in [6.45, 7) is 5.00. The molecule has 1 saturated heterocycles. The third-order valence-corrected chi connectivity index (χ3v) is 7.17. The van der Waals surface area contributed by atoms with Gasteiger partial charge in [0.15, 0.2) is 5.96 Å². The van der Waals surface area contributed by atoms with Crippen LogP contribution in [-0.2, 0) is 4.79 Å². The van der Waals surface area contributed by atoms with E-state index in [1.54, 1.807) is 12.1 Å². The molecule has 1 unspecified atom stereocenters. The number of nitrogens with zero attached hydrogens (tertiary/aromatic N) is 2. The molecule has 4 rings (SSSR count). The van der Waals surface area contributed by atoms with Crippen molar-refractivity contribution >= 4 is 40.8 Å². The van der Waals surface area contributed by atoms with Gasteiger partial charge in [0, 0.05) is 53.7 Å². The number of primary amides is 1. The Bertz CT molecular complexity index is 1020. The Morgan fingerprint density at radius 3 is 2.59 bits per heavy atom. The lowest BCUT2D eigenvalue weighted by atomic mass is 9.88. The molecule has 1 aliphatic heterocycles. The number of rotatable bonds is 6. The van der Waals surface area contributed by atoms with Gasteiger partial charge in [0.25, 0.3) is 0 Å². The van der Waals surface area contributed by atoms with E-state index in [1.807, 2.05) is 30.3 Å². The highest BCUT2D eigenvalue weighted by molar-refractivity contribution is 6.35. The largest absolute Gasteiger partial charge is 0.370 e. The highest BCUT2D eigenvalue weighted by atomic mass is 35.5. The molecule has 1 heterocycles. The van der Waals surface area contributed by atoms with Crippen LogP contribution in [-0.4, -0.2) is 48.5 Å². The summed E-state index contributed by atoms with van der Waals surface area (Å²) in [5.41, 5.74) is 8.34. The van der Waals surface area contributed by atoms with E-state index >= 15 is 0 Å². The molecular formula is C26H33Cl2N5O. The molecule has 8 heteroatoms. The Hall–Kier alpha value is -2.28. The van der Waals surface area contributed by atoms with Crippen molar-refractivity contribution in [1.82, 2.24) is 10.2 Å². The fourth-order valence-electron chi connectivity index (χ4n) is 4.84. The van der Waals surface area contributed by atoms with Crippen LogP contribution in [0.2, 0.25) is 10.0 Å². The fraction of sp³-hybridized carbons (Fsp3) is 0.462. The number of carbonyl (C=O) groups excluding carboxylic acids is 1. The molecule has 4 N–H and O–H groups in total. The summed E-state index contributed by atoms with van der Waals surface area (Å²) in [5.74, 6) is 0.330. The number of nitrogens with one attached hydrogen (secondary N) is 2. The number of amides is 1. The summed E-state index contributed by atoms with van der Waals surface area (Å²) in [7, 11) is 0. The van der Waals surface area contributed by atoms with Gasteiger partial charge in [-0.25, -0.2) is 4.99 Å². The van der Waals surface area contributed by atoms with Crippen LogP contribution in [0.3, 0.4) is 0 Å². The molecule has 0 bridgehead atoms. The van der Waals surface area contributed by atoms with Gasteiger partial charge in [-0.3, -0.25) is 4.79 Å². The van der Waals surface area contributed by atoms with Crippen LogP contribution in [0, 0.1) is 0 Å². The van der Waals surface area contributed by atoms with Crippen molar-refractivity contribution < 1.29 is 4.79 Å². The molecule has 1 amide bonds. The van der Waals surface area contributed by atoms with Gasteiger partial charge in [0.1, 0.15) is 0 Å². The van der Waals surface area contributed by atoms with Crippen molar-refractivity contribution in [3.63, 3.8) is 0 Å². The first-order chi connectivity index (χ1) is 16.4. The van der Waals surface area contributed by atoms with Crippen molar-refractivity contribution in [3.8, 4) is 0 Å².